The van der Waals surface area contributed by atoms with Crippen LogP contribution in [0.3, 0.4) is 0 Å². The van der Waals surface area contributed by atoms with Crippen molar-refractivity contribution in [3.63, 3.8) is 0 Å². The molecule has 3 heterocycles. The Morgan fingerprint density at radius 1 is 1.00 bits per heavy atom. The van der Waals surface area contributed by atoms with Crippen LogP contribution in [0, 0.1) is 11.6 Å². The van der Waals surface area contributed by atoms with E-state index in [2.05, 4.69) is 26.2 Å². The quantitative estimate of drug-likeness (QED) is 0.524. The number of nitrogens with zero attached hydrogens (tertiary/aromatic N) is 3. The molecule has 2 aliphatic rings. The van der Waals surface area contributed by atoms with E-state index in [1.54, 1.807) is 6.07 Å². The van der Waals surface area contributed by atoms with Gasteiger partial charge in [-0.05, 0) is 61.0 Å². The average Bonchev–Trinajstić information content (AvgIpc) is 2.84. The average molecular weight is 467 g/mol. The van der Waals surface area contributed by atoms with Crippen molar-refractivity contribution in [1.82, 2.24) is 9.88 Å². The molecule has 0 atom stereocenters. The van der Waals surface area contributed by atoms with E-state index in [1.807, 2.05) is 18.2 Å². The molecule has 1 aromatic heterocycles. The number of benzene rings is 2. The van der Waals surface area contributed by atoms with Crippen LogP contribution in [-0.4, -0.2) is 55.1 Å². The molecule has 178 valence electrons. The number of nitrogens with one attached hydrogen (secondary N) is 1. The lowest BCUT2D eigenvalue weighted by Gasteiger charge is -2.36. The molecule has 0 aliphatic carbocycles. The summed E-state index contributed by atoms with van der Waals surface area (Å²) in [6.07, 6.45) is 2.56. The van der Waals surface area contributed by atoms with Gasteiger partial charge in [0.05, 0.1) is 6.61 Å². The van der Waals surface area contributed by atoms with Crippen LogP contribution >= 0.6 is 0 Å². The molecule has 2 aliphatic heterocycles. The highest BCUT2D eigenvalue weighted by Gasteiger charge is 2.21. The normalized spacial score (nSPS) is 16.4. The number of piperazine rings is 1. The summed E-state index contributed by atoms with van der Waals surface area (Å²) in [6.45, 7) is 4.97. The van der Waals surface area contributed by atoms with Crippen molar-refractivity contribution in [3.05, 3.63) is 59.7 Å². The van der Waals surface area contributed by atoms with E-state index in [-0.39, 0.29) is 17.6 Å². The van der Waals surface area contributed by atoms with Crippen LogP contribution in [-0.2, 0) is 11.2 Å². The van der Waals surface area contributed by atoms with Gasteiger partial charge in [-0.2, -0.15) is 4.98 Å². The summed E-state index contributed by atoms with van der Waals surface area (Å²) in [4.78, 5) is 20.4. The summed E-state index contributed by atoms with van der Waals surface area (Å²) < 4.78 is 33.6. The van der Waals surface area contributed by atoms with Crippen molar-refractivity contribution in [2.24, 2.45) is 0 Å². The summed E-state index contributed by atoms with van der Waals surface area (Å²) in [5, 5.41) is 4.68. The fourth-order valence-corrected chi connectivity index (χ4v) is 4.68. The number of hydrogen-bond acceptors (Lipinski definition) is 5. The number of hydrogen-bond donors (Lipinski definition) is 1. The zero-order valence-electron chi connectivity index (χ0n) is 19.0. The minimum absolute atomic E-state index is 0.0545. The van der Waals surface area contributed by atoms with Gasteiger partial charge in [0, 0.05) is 43.7 Å². The van der Waals surface area contributed by atoms with Crippen molar-refractivity contribution >= 4 is 28.2 Å². The van der Waals surface area contributed by atoms with Gasteiger partial charge in [-0.25, -0.2) is 8.78 Å². The highest BCUT2D eigenvalue weighted by molar-refractivity contribution is 5.94. The second-order valence-corrected chi connectivity index (χ2v) is 8.86. The first kappa shape index (κ1) is 22.5. The number of rotatable bonds is 7. The first-order valence-corrected chi connectivity index (χ1v) is 11.8. The van der Waals surface area contributed by atoms with Crippen LogP contribution in [0.5, 0.6) is 5.88 Å². The fourth-order valence-electron chi connectivity index (χ4n) is 4.68. The second kappa shape index (κ2) is 9.93. The Bertz CT molecular complexity index is 1190. The molecule has 0 saturated carbocycles. The molecule has 1 N–H and O–H groups in total. The van der Waals surface area contributed by atoms with Crippen molar-refractivity contribution < 1.29 is 18.3 Å². The number of carbonyl (C=O) groups is 1. The van der Waals surface area contributed by atoms with Gasteiger partial charge in [0.1, 0.15) is 11.6 Å². The number of pyridine rings is 1. The van der Waals surface area contributed by atoms with Crippen molar-refractivity contribution in [2.75, 3.05) is 49.5 Å². The van der Waals surface area contributed by atoms with Crippen LogP contribution in [0.2, 0.25) is 0 Å². The Morgan fingerprint density at radius 3 is 2.71 bits per heavy atom. The molecule has 5 rings (SSSR count). The van der Waals surface area contributed by atoms with Gasteiger partial charge < -0.3 is 15.0 Å². The van der Waals surface area contributed by atoms with E-state index < -0.39 is 5.82 Å². The van der Waals surface area contributed by atoms with Crippen LogP contribution < -0.4 is 15.0 Å². The predicted octanol–water partition coefficient (Wildman–Crippen LogP) is 4.38. The van der Waals surface area contributed by atoms with E-state index in [9.17, 15) is 13.6 Å². The third-order valence-corrected chi connectivity index (χ3v) is 6.54. The van der Waals surface area contributed by atoms with E-state index >= 15 is 0 Å². The number of unbranched alkanes of at least 4 members (excludes halogenated alkanes) is 1. The number of halogens is 2. The van der Waals surface area contributed by atoms with Gasteiger partial charge in [-0.1, -0.05) is 18.2 Å². The van der Waals surface area contributed by atoms with E-state index in [1.165, 1.54) is 12.1 Å². The lowest BCUT2D eigenvalue weighted by Crippen LogP contribution is -2.46. The number of amides is 1. The molecule has 0 bridgehead atoms. The molecule has 0 spiro atoms. The largest absolute Gasteiger partial charge is 0.476 e. The van der Waals surface area contributed by atoms with E-state index in [0.717, 1.165) is 62.0 Å². The number of aromatic nitrogens is 1. The Balaban J connectivity index is 1.07. The smallest absolute Gasteiger partial charge is 0.252 e. The molecule has 1 fully saturated rings. The Kier molecular flexibility index (Phi) is 6.58. The van der Waals surface area contributed by atoms with Crippen molar-refractivity contribution in [3.8, 4) is 5.88 Å². The molecule has 34 heavy (non-hydrogen) atoms. The summed E-state index contributed by atoms with van der Waals surface area (Å²) in [5.74, 6) is -0.457. The van der Waals surface area contributed by atoms with Crippen molar-refractivity contribution in [1.29, 1.82) is 0 Å². The molecule has 0 radical (unpaired) electrons. The number of fused-ring (bicyclic) bond motifs is 2. The van der Waals surface area contributed by atoms with Crippen LogP contribution in [0.15, 0.2) is 42.5 Å². The lowest BCUT2D eigenvalue weighted by atomic mass is 10.1. The molecular formula is C26H28F2N4O2. The Labute approximate surface area is 197 Å². The number of ether oxygens (including phenoxy) is 1. The summed E-state index contributed by atoms with van der Waals surface area (Å²) >= 11 is 0. The third-order valence-electron chi connectivity index (χ3n) is 6.54. The van der Waals surface area contributed by atoms with Crippen molar-refractivity contribution in [2.45, 2.75) is 25.7 Å². The SMILES string of the molecule is O=C1CCc2cc(F)c(OCCCCN3CCN(c4cccc5ccc(F)cc45)CC3)nc2N1. The zero-order chi connectivity index (χ0) is 23.5. The predicted molar refractivity (Wildman–Crippen MR) is 128 cm³/mol. The van der Waals surface area contributed by atoms with Crippen LogP contribution in [0.25, 0.3) is 10.8 Å². The number of aryl methyl sites for hydroxylation is 1. The second-order valence-electron chi connectivity index (χ2n) is 8.86. The standard InChI is InChI=1S/C26H28F2N4O2/c27-20-8-6-18-4-3-5-23(21(18)17-20)32-13-11-31(12-14-32)10-1-2-15-34-26-22(28)16-19-7-9-24(33)29-25(19)30-26/h3-6,8,16-17H,1-2,7,9-15H2,(H,29,30,33). The van der Waals surface area contributed by atoms with Gasteiger partial charge in [-0.15, -0.1) is 0 Å². The summed E-state index contributed by atoms with van der Waals surface area (Å²) in [5.41, 5.74) is 1.79. The zero-order valence-corrected chi connectivity index (χ0v) is 19.0. The molecule has 0 unspecified atom stereocenters. The molecule has 3 aromatic rings. The molecule has 8 heteroatoms. The topological polar surface area (TPSA) is 57.7 Å². The number of carbonyl (C=O) groups excluding carboxylic acids is 1. The van der Waals surface area contributed by atoms with Gasteiger partial charge >= 0.3 is 0 Å². The maximum absolute atomic E-state index is 14.2. The van der Waals surface area contributed by atoms with Gasteiger partial charge in [0.15, 0.2) is 5.82 Å². The van der Waals surface area contributed by atoms with Gasteiger partial charge in [-0.3, -0.25) is 9.69 Å². The van der Waals surface area contributed by atoms with Gasteiger partial charge in [0.25, 0.3) is 5.88 Å². The molecule has 6 nitrogen and oxygen atoms in total. The minimum atomic E-state index is -0.487. The Hall–Kier alpha value is -3.26. The minimum Gasteiger partial charge on any atom is -0.476 e. The monoisotopic (exact) mass is 466 g/mol. The third kappa shape index (κ3) is 4.97. The maximum Gasteiger partial charge on any atom is 0.252 e. The summed E-state index contributed by atoms with van der Waals surface area (Å²) in [7, 11) is 0. The first-order chi connectivity index (χ1) is 16.6. The Morgan fingerprint density at radius 2 is 1.85 bits per heavy atom. The summed E-state index contributed by atoms with van der Waals surface area (Å²) in [6, 6.07) is 12.4. The highest BCUT2D eigenvalue weighted by atomic mass is 19.1. The fraction of sp³-hybridized carbons (Fsp3) is 0.385. The van der Waals surface area contributed by atoms with Crippen LogP contribution in [0.4, 0.5) is 20.3 Å². The van der Waals surface area contributed by atoms with E-state index in [4.69, 9.17) is 4.74 Å². The maximum atomic E-state index is 14.2. The molecule has 1 amide bonds. The van der Waals surface area contributed by atoms with Crippen LogP contribution in [0.1, 0.15) is 24.8 Å². The van der Waals surface area contributed by atoms with E-state index in [0.29, 0.717) is 30.8 Å². The molecule has 2 aromatic carbocycles. The lowest BCUT2D eigenvalue weighted by molar-refractivity contribution is -0.116. The molecular weight excluding hydrogens is 438 g/mol. The number of anilines is 2. The van der Waals surface area contributed by atoms with Gasteiger partial charge in [0.2, 0.25) is 5.91 Å². The molecule has 1 saturated heterocycles. The highest BCUT2D eigenvalue weighted by Crippen LogP contribution is 2.29. The first-order valence-electron chi connectivity index (χ1n) is 11.8.